The number of alkyl halides is 2. The van der Waals surface area contributed by atoms with Crippen LogP contribution in [0.2, 0.25) is 0 Å². The van der Waals surface area contributed by atoms with Crippen molar-refractivity contribution < 1.29 is 21.6 Å². The first kappa shape index (κ1) is 11.9. The lowest BCUT2D eigenvalue weighted by molar-refractivity contribution is 0.139. The number of nitrogens with zero attached hydrogens (tertiary/aromatic N) is 1. The normalized spacial score (nSPS) is 12.1. The van der Waals surface area contributed by atoms with E-state index < -0.39 is 33.0 Å². The Labute approximate surface area is 84.0 Å². The molecule has 0 fully saturated rings. The Morgan fingerprint density at radius 1 is 1.47 bits per heavy atom. The topological polar surface area (TPSA) is 73.1 Å². The predicted octanol–water partition coefficient (Wildman–Crippen LogP) is 1.11. The average Bonchev–Trinajstić information content (AvgIpc) is 2.06. The van der Waals surface area contributed by atoms with Crippen molar-refractivity contribution in [1.82, 2.24) is 4.98 Å². The molecule has 0 saturated carbocycles. The number of pyridine rings is 1. The number of halogens is 3. The van der Waals surface area contributed by atoms with Crippen LogP contribution in [0.4, 0.5) is 13.2 Å². The van der Waals surface area contributed by atoms with Gasteiger partial charge in [0.2, 0.25) is 0 Å². The van der Waals surface area contributed by atoms with Gasteiger partial charge in [0.05, 0.1) is 0 Å². The lowest BCUT2D eigenvalue weighted by atomic mass is 10.2. The molecule has 0 bridgehead atoms. The molecule has 15 heavy (non-hydrogen) atoms. The number of rotatable bonds is 2. The monoisotopic (exact) mass is 240 g/mol. The fourth-order valence-electron chi connectivity index (χ4n) is 0.941. The molecule has 0 aromatic carbocycles. The van der Waals surface area contributed by atoms with Crippen molar-refractivity contribution >= 4 is 10.0 Å². The van der Waals surface area contributed by atoms with Gasteiger partial charge in [-0.05, 0) is 18.6 Å². The number of hydrogen-bond donors (Lipinski definition) is 1. The maximum absolute atomic E-state index is 13.0. The Bertz CT molecular complexity index is 487. The molecule has 0 aliphatic carbocycles. The highest BCUT2D eigenvalue weighted by Gasteiger charge is 2.21. The summed E-state index contributed by atoms with van der Waals surface area (Å²) >= 11 is 0. The van der Waals surface area contributed by atoms with Crippen LogP contribution in [0.1, 0.15) is 17.7 Å². The Hall–Kier alpha value is -1.15. The summed E-state index contributed by atoms with van der Waals surface area (Å²) in [6.07, 6.45) is -3.19. The third-order valence-corrected chi connectivity index (χ3v) is 2.43. The summed E-state index contributed by atoms with van der Waals surface area (Å²) in [6.45, 7) is 1.15. The van der Waals surface area contributed by atoms with Crippen LogP contribution in [-0.4, -0.2) is 13.4 Å². The van der Waals surface area contributed by atoms with Gasteiger partial charge in [-0.3, -0.25) is 0 Å². The molecule has 0 atom stereocenters. The Balaban J connectivity index is 3.50. The zero-order chi connectivity index (χ0) is 11.8. The fourth-order valence-corrected chi connectivity index (χ4v) is 1.51. The molecule has 1 aromatic rings. The number of sulfonamides is 1. The van der Waals surface area contributed by atoms with Gasteiger partial charge in [-0.2, -0.15) is 0 Å². The minimum atomic E-state index is -4.21. The summed E-state index contributed by atoms with van der Waals surface area (Å²) in [5, 5.41) is 3.92. The van der Waals surface area contributed by atoms with Gasteiger partial charge in [0.1, 0.15) is 5.69 Å². The van der Waals surface area contributed by atoms with Crippen molar-refractivity contribution in [2.24, 2.45) is 5.14 Å². The first-order valence-corrected chi connectivity index (χ1v) is 5.26. The van der Waals surface area contributed by atoms with Crippen molar-refractivity contribution in [2.75, 3.05) is 0 Å². The second kappa shape index (κ2) is 3.78. The van der Waals surface area contributed by atoms with E-state index in [1.807, 2.05) is 0 Å². The molecule has 84 valence electrons. The lowest BCUT2D eigenvalue weighted by Crippen LogP contribution is -2.16. The molecule has 0 aliphatic rings. The van der Waals surface area contributed by atoms with Crippen LogP contribution >= 0.6 is 0 Å². The van der Waals surface area contributed by atoms with Crippen LogP contribution in [0.25, 0.3) is 0 Å². The minimum absolute atomic E-state index is 0.246. The quantitative estimate of drug-likeness (QED) is 0.841. The molecule has 0 saturated heterocycles. The third kappa shape index (κ3) is 2.45. The fraction of sp³-hybridized carbons (Fsp3) is 0.286. The molecule has 8 heteroatoms. The van der Waals surface area contributed by atoms with Crippen LogP contribution in [0.3, 0.4) is 0 Å². The molecular formula is C7H7F3N2O2S. The molecule has 4 nitrogen and oxygen atoms in total. The van der Waals surface area contributed by atoms with E-state index in [2.05, 4.69) is 10.1 Å². The van der Waals surface area contributed by atoms with Crippen LogP contribution < -0.4 is 5.14 Å². The molecule has 1 heterocycles. The number of primary sulfonamides is 1. The van der Waals surface area contributed by atoms with E-state index in [1.165, 1.54) is 0 Å². The number of aromatic nitrogens is 1. The molecule has 1 aromatic heterocycles. The smallest absolute Gasteiger partial charge is 0.231 e. The van der Waals surface area contributed by atoms with Gasteiger partial charge in [0.15, 0.2) is 10.8 Å². The average molecular weight is 240 g/mol. The molecule has 1 rings (SSSR count). The summed E-state index contributed by atoms with van der Waals surface area (Å²) in [6, 6.07) is 0.802. The van der Waals surface area contributed by atoms with Crippen molar-refractivity contribution in [2.45, 2.75) is 18.4 Å². The molecular weight excluding hydrogens is 233 g/mol. The number of nitrogens with two attached hydrogens (primary N) is 1. The zero-order valence-electron chi connectivity index (χ0n) is 7.54. The first-order valence-electron chi connectivity index (χ1n) is 3.71. The first-order chi connectivity index (χ1) is 6.73. The minimum Gasteiger partial charge on any atom is -0.231 e. The van der Waals surface area contributed by atoms with Crippen molar-refractivity contribution in [3.8, 4) is 0 Å². The van der Waals surface area contributed by atoms with Gasteiger partial charge in [0, 0.05) is 0 Å². The maximum Gasteiger partial charge on any atom is 0.283 e. The zero-order valence-corrected chi connectivity index (χ0v) is 8.35. The van der Waals surface area contributed by atoms with E-state index >= 15 is 0 Å². The molecule has 0 radical (unpaired) electrons. The van der Waals surface area contributed by atoms with Gasteiger partial charge in [0.25, 0.3) is 16.4 Å². The Morgan fingerprint density at radius 3 is 2.40 bits per heavy atom. The standard InChI is InChI=1S/C7H7F3N2O2S/c1-3-2-4(15(11,13)14)12-6(5(3)8)7(9)10/h2,7H,1H3,(H2,11,13,14). The van der Waals surface area contributed by atoms with E-state index in [0.717, 1.165) is 13.0 Å². The highest BCUT2D eigenvalue weighted by Crippen LogP contribution is 2.23. The van der Waals surface area contributed by atoms with Crippen LogP contribution in [0, 0.1) is 12.7 Å². The molecule has 2 N–H and O–H groups in total. The van der Waals surface area contributed by atoms with Gasteiger partial charge in [-0.25, -0.2) is 31.7 Å². The van der Waals surface area contributed by atoms with E-state index in [9.17, 15) is 21.6 Å². The number of aryl methyl sites for hydroxylation is 1. The maximum atomic E-state index is 13.0. The van der Waals surface area contributed by atoms with E-state index in [0.29, 0.717) is 0 Å². The van der Waals surface area contributed by atoms with Gasteiger partial charge >= 0.3 is 0 Å². The van der Waals surface area contributed by atoms with Crippen LogP contribution in [0.5, 0.6) is 0 Å². The van der Waals surface area contributed by atoms with E-state index in [4.69, 9.17) is 0 Å². The Kier molecular flexibility index (Phi) is 3.00. The molecule has 0 amide bonds. The van der Waals surface area contributed by atoms with Crippen LogP contribution in [-0.2, 0) is 10.0 Å². The van der Waals surface area contributed by atoms with Crippen molar-refractivity contribution in [3.63, 3.8) is 0 Å². The summed E-state index contributed by atoms with van der Waals surface area (Å²) in [5.74, 6) is -1.22. The highest BCUT2D eigenvalue weighted by atomic mass is 32.2. The second-order valence-electron chi connectivity index (χ2n) is 2.82. The van der Waals surface area contributed by atoms with E-state index in [-0.39, 0.29) is 5.56 Å². The van der Waals surface area contributed by atoms with Crippen LogP contribution in [0.15, 0.2) is 11.1 Å². The summed E-state index contributed by atoms with van der Waals surface area (Å²) in [5.41, 5.74) is -1.46. The SMILES string of the molecule is Cc1cc(S(N)(=O)=O)nc(C(F)F)c1F. The van der Waals surface area contributed by atoms with Gasteiger partial charge in [-0.1, -0.05) is 0 Å². The second-order valence-corrected chi connectivity index (χ2v) is 4.33. The van der Waals surface area contributed by atoms with Crippen molar-refractivity contribution in [1.29, 1.82) is 0 Å². The molecule has 0 aliphatic heterocycles. The lowest BCUT2D eigenvalue weighted by Gasteiger charge is -2.06. The van der Waals surface area contributed by atoms with Gasteiger partial charge < -0.3 is 0 Å². The molecule has 0 unspecified atom stereocenters. The van der Waals surface area contributed by atoms with Gasteiger partial charge in [-0.15, -0.1) is 0 Å². The largest absolute Gasteiger partial charge is 0.283 e. The third-order valence-electron chi connectivity index (χ3n) is 1.64. The summed E-state index contributed by atoms with van der Waals surface area (Å²) < 4.78 is 59.2. The summed E-state index contributed by atoms with van der Waals surface area (Å²) in [4.78, 5) is 2.97. The summed E-state index contributed by atoms with van der Waals surface area (Å²) in [7, 11) is -4.21. The van der Waals surface area contributed by atoms with E-state index in [1.54, 1.807) is 0 Å². The Morgan fingerprint density at radius 2 is 2.00 bits per heavy atom. The predicted molar refractivity (Wildman–Crippen MR) is 45.3 cm³/mol. The highest BCUT2D eigenvalue weighted by molar-refractivity contribution is 7.89. The molecule has 0 spiro atoms. The number of hydrogen-bond acceptors (Lipinski definition) is 3. The van der Waals surface area contributed by atoms with Crippen molar-refractivity contribution in [3.05, 3.63) is 23.1 Å².